The van der Waals surface area contributed by atoms with Crippen molar-refractivity contribution in [3.8, 4) is 17.2 Å². The van der Waals surface area contributed by atoms with Gasteiger partial charge in [0.25, 0.3) is 0 Å². The Labute approximate surface area is 192 Å². The van der Waals surface area contributed by atoms with Crippen LogP contribution in [-0.2, 0) is 24.6 Å². The normalized spacial score (nSPS) is 11.2. The molecule has 0 saturated carbocycles. The Balaban J connectivity index is 1.58. The second kappa shape index (κ2) is 10.5. The van der Waals surface area contributed by atoms with Gasteiger partial charge >= 0.3 is 6.18 Å². The summed E-state index contributed by atoms with van der Waals surface area (Å²) in [5.41, 5.74) is -0.330. The number of ether oxygens (including phenoxy) is 3. The van der Waals surface area contributed by atoms with E-state index in [9.17, 15) is 18.0 Å². The van der Waals surface area contributed by atoms with Gasteiger partial charge in [0.15, 0.2) is 11.0 Å². The largest absolute Gasteiger partial charge is 0.497 e. The number of rotatable bonds is 9. The predicted octanol–water partition coefficient (Wildman–Crippen LogP) is 4.16. The predicted molar refractivity (Wildman–Crippen MR) is 116 cm³/mol. The van der Waals surface area contributed by atoms with Gasteiger partial charge in [-0.2, -0.15) is 13.2 Å². The molecule has 0 atom stereocenters. The summed E-state index contributed by atoms with van der Waals surface area (Å²) in [6.07, 6.45) is -4.45. The summed E-state index contributed by atoms with van der Waals surface area (Å²) in [6, 6.07) is 9.63. The van der Waals surface area contributed by atoms with E-state index in [0.717, 1.165) is 23.9 Å². The number of anilines is 1. The van der Waals surface area contributed by atoms with E-state index in [1.54, 1.807) is 29.8 Å². The number of thioether (sulfide) groups is 1. The van der Waals surface area contributed by atoms with Crippen LogP contribution in [0.4, 0.5) is 18.9 Å². The number of hydrogen-bond donors (Lipinski definition) is 1. The minimum absolute atomic E-state index is 0.0425. The number of hydrogen-bond acceptors (Lipinski definition) is 7. The summed E-state index contributed by atoms with van der Waals surface area (Å²) >= 11 is 1.15. The van der Waals surface area contributed by atoms with Gasteiger partial charge in [-0.3, -0.25) is 4.79 Å². The first kappa shape index (κ1) is 24.2. The lowest BCUT2D eigenvalue weighted by Crippen LogP contribution is -2.15. The topological polar surface area (TPSA) is 87.5 Å². The Morgan fingerprint density at radius 3 is 2.58 bits per heavy atom. The number of aromatic nitrogens is 3. The first-order valence-electron chi connectivity index (χ1n) is 9.54. The highest BCUT2D eigenvalue weighted by atomic mass is 32.2. The van der Waals surface area contributed by atoms with Crippen molar-refractivity contribution in [1.29, 1.82) is 0 Å². The molecule has 0 aliphatic carbocycles. The average Bonchev–Trinajstić information content (AvgIpc) is 3.15. The summed E-state index contributed by atoms with van der Waals surface area (Å²) in [5.74, 6) is 1.26. The zero-order valence-corrected chi connectivity index (χ0v) is 18.8. The zero-order chi connectivity index (χ0) is 24.0. The van der Waals surface area contributed by atoms with E-state index < -0.39 is 11.7 Å². The first-order valence-corrected chi connectivity index (χ1v) is 10.5. The molecule has 176 valence electrons. The molecule has 0 fully saturated rings. The van der Waals surface area contributed by atoms with E-state index in [0.29, 0.717) is 28.2 Å². The van der Waals surface area contributed by atoms with Gasteiger partial charge < -0.3 is 24.1 Å². The molecule has 0 spiro atoms. The van der Waals surface area contributed by atoms with E-state index in [4.69, 9.17) is 14.2 Å². The maximum Gasteiger partial charge on any atom is 0.416 e. The van der Waals surface area contributed by atoms with E-state index in [2.05, 4.69) is 15.5 Å². The van der Waals surface area contributed by atoms with Crippen molar-refractivity contribution in [3.63, 3.8) is 0 Å². The molecule has 3 rings (SSSR count). The number of carbonyl (C=O) groups is 1. The number of methoxy groups -OCH3 is 2. The fraction of sp³-hybridized carbons (Fsp3) is 0.286. The summed E-state index contributed by atoms with van der Waals surface area (Å²) in [7, 11) is 4.69. The van der Waals surface area contributed by atoms with Crippen molar-refractivity contribution >= 4 is 23.4 Å². The number of nitrogens with zero attached hydrogens (tertiary/aromatic N) is 3. The van der Waals surface area contributed by atoms with Gasteiger partial charge in [0.05, 0.1) is 31.2 Å². The standard InChI is InChI=1S/C21H21F3N4O4S/c1-28-18(11-32-15-6-4-5-13(9-15)21(22,23)24)26-27-20(28)33-12-19(29)25-16-10-14(30-2)7-8-17(16)31-3/h4-10H,11-12H2,1-3H3,(H,25,29). The summed E-state index contributed by atoms with van der Waals surface area (Å²) < 4.78 is 56.0. The Morgan fingerprint density at radius 1 is 1.09 bits per heavy atom. The van der Waals surface area contributed by atoms with Crippen molar-refractivity contribution in [3.05, 3.63) is 53.9 Å². The average molecular weight is 482 g/mol. The Kier molecular flexibility index (Phi) is 7.69. The molecule has 2 aromatic carbocycles. The van der Waals surface area contributed by atoms with E-state index >= 15 is 0 Å². The van der Waals surface area contributed by atoms with Crippen molar-refractivity contribution < 1.29 is 32.2 Å². The van der Waals surface area contributed by atoms with Gasteiger partial charge in [0.1, 0.15) is 23.9 Å². The van der Waals surface area contributed by atoms with Crippen LogP contribution in [0.25, 0.3) is 0 Å². The highest BCUT2D eigenvalue weighted by Crippen LogP contribution is 2.32. The van der Waals surface area contributed by atoms with Crippen molar-refractivity contribution in [2.24, 2.45) is 7.05 Å². The number of carbonyl (C=O) groups excluding carboxylic acids is 1. The molecule has 1 aromatic heterocycles. The maximum absolute atomic E-state index is 12.8. The maximum atomic E-state index is 12.8. The van der Waals surface area contributed by atoms with Gasteiger partial charge in [-0.05, 0) is 30.3 Å². The lowest BCUT2D eigenvalue weighted by molar-refractivity contribution is -0.137. The molecule has 0 unspecified atom stereocenters. The summed E-state index contributed by atoms with van der Waals surface area (Å²) in [4.78, 5) is 12.4. The number of benzene rings is 2. The van der Waals surface area contributed by atoms with E-state index in [-0.39, 0.29) is 24.0 Å². The van der Waals surface area contributed by atoms with Crippen molar-refractivity contribution in [2.75, 3.05) is 25.3 Å². The summed E-state index contributed by atoms with van der Waals surface area (Å²) in [6.45, 7) is -0.0847. The smallest absolute Gasteiger partial charge is 0.416 e. The molecule has 0 aliphatic rings. The highest BCUT2D eigenvalue weighted by molar-refractivity contribution is 7.99. The third kappa shape index (κ3) is 6.31. The monoisotopic (exact) mass is 482 g/mol. The zero-order valence-electron chi connectivity index (χ0n) is 18.0. The second-order valence-electron chi connectivity index (χ2n) is 6.68. The van der Waals surface area contributed by atoms with Crippen LogP contribution in [0.15, 0.2) is 47.6 Å². The molecule has 1 amide bonds. The molecule has 0 bridgehead atoms. The third-order valence-corrected chi connectivity index (χ3v) is 5.49. The number of alkyl halides is 3. The van der Waals surface area contributed by atoms with Crippen LogP contribution in [0.3, 0.4) is 0 Å². The quantitative estimate of drug-likeness (QED) is 0.458. The molecule has 0 aliphatic heterocycles. The van der Waals surface area contributed by atoms with Crippen LogP contribution in [0.2, 0.25) is 0 Å². The molecule has 0 radical (unpaired) electrons. The fourth-order valence-electron chi connectivity index (χ4n) is 2.73. The minimum atomic E-state index is -4.45. The van der Waals surface area contributed by atoms with E-state index in [1.807, 2.05) is 0 Å². The fourth-order valence-corrected chi connectivity index (χ4v) is 3.46. The molecular weight excluding hydrogens is 461 g/mol. The number of nitrogens with one attached hydrogen (secondary N) is 1. The molecule has 33 heavy (non-hydrogen) atoms. The van der Waals surface area contributed by atoms with Gasteiger partial charge in [0.2, 0.25) is 5.91 Å². The van der Waals surface area contributed by atoms with E-state index in [1.165, 1.54) is 26.4 Å². The van der Waals surface area contributed by atoms with Crippen LogP contribution in [-0.4, -0.2) is 40.6 Å². The molecule has 1 heterocycles. The molecule has 12 heteroatoms. The molecule has 0 saturated heterocycles. The van der Waals surface area contributed by atoms with Crippen molar-refractivity contribution in [2.45, 2.75) is 17.9 Å². The first-order chi connectivity index (χ1) is 15.7. The Morgan fingerprint density at radius 2 is 1.88 bits per heavy atom. The SMILES string of the molecule is COc1ccc(OC)c(NC(=O)CSc2nnc(COc3cccc(C(F)(F)F)c3)n2C)c1. The van der Waals surface area contributed by atoms with Crippen LogP contribution >= 0.6 is 11.8 Å². The molecular formula is C21H21F3N4O4S. The molecule has 8 nitrogen and oxygen atoms in total. The van der Waals surface area contributed by atoms with Gasteiger partial charge in [-0.15, -0.1) is 10.2 Å². The van der Waals surface area contributed by atoms with Gasteiger partial charge in [-0.25, -0.2) is 0 Å². The lowest BCUT2D eigenvalue weighted by atomic mass is 10.2. The van der Waals surface area contributed by atoms with Crippen LogP contribution < -0.4 is 19.5 Å². The third-order valence-electron chi connectivity index (χ3n) is 4.47. The lowest BCUT2D eigenvalue weighted by Gasteiger charge is -2.11. The summed E-state index contributed by atoms with van der Waals surface area (Å²) in [5, 5.41) is 11.2. The number of amides is 1. The number of halogens is 3. The van der Waals surface area contributed by atoms with Crippen LogP contribution in [0.5, 0.6) is 17.2 Å². The molecule has 1 N–H and O–H groups in total. The molecule has 3 aromatic rings. The minimum Gasteiger partial charge on any atom is -0.497 e. The van der Waals surface area contributed by atoms with Gasteiger partial charge in [-0.1, -0.05) is 17.8 Å². The second-order valence-corrected chi connectivity index (χ2v) is 7.62. The highest BCUT2D eigenvalue weighted by Gasteiger charge is 2.30. The van der Waals surface area contributed by atoms with Crippen LogP contribution in [0.1, 0.15) is 11.4 Å². The van der Waals surface area contributed by atoms with Crippen LogP contribution in [0, 0.1) is 0 Å². The van der Waals surface area contributed by atoms with Gasteiger partial charge in [0, 0.05) is 13.1 Å². The Bertz CT molecular complexity index is 1120. The Hall–Kier alpha value is -3.41. The van der Waals surface area contributed by atoms with Crippen molar-refractivity contribution in [1.82, 2.24) is 14.8 Å².